The maximum atomic E-state index is 11.9. The second-order valence-electron chi connectivity index (χ2n) is 5.82. The Morgan fingerprint density at radius 1 is 1.30 bits per heavy atom. The van der Waals surface area contributed by atoms with Crippen LogP contribution in [0.4, 0.5) is 4.79 Å². The van der Waals surface area contributed by atoms with Crippen molar-refractivity contribution in [3.05, 3.63) is 29.8 Å². The summed E-state index contributed by atoms with van der Waals surface area (Å²) in [6.45, 7) is 6.02. The zero-order chi connectivity index (χ0) is 14.5. The number of phenolic OH excluding ortho intramolecular Hbond substituents is 1. The smallest absolute Gasteiger partial charge is 0.409 e. The minimum atomic E-state index is -0.192. The number of benzene rings is 1. The van der Waals surface area contributed by atoms with Crippen molar-refractivity contribution >= 4 is 6.09 Å². The number of amides is 1. The van der Waals surface area contributed by atoms with E-state index in [1.165, 1.54) is 5.56 Å². The predicted molar refractivity (Wildman–Crippen MR) is 77.8 cm³/mol. The molecule has 0 aromatic heterocycles. The number of nitrogens with zero attached hydrogens (tertiary/aromatic N) is 1. The van der Waals surface area contributed by atoms with Crippen molar-refractivity contribution in [3.63, 3.8) is 0 Å². The molecular weight excluding hydrogens is 254 g/mol. The maximum Gasteiger partial charge on any atom is 0.409 e. The third-order valence-corrected chi connectivity index (χ3v) is 3.66. The third-order valence-electron chi connectivity index (χ3n) is 3.66. The highest BCUT2D eigenvalue weighted by atomic mass is 16.6. The van der Waals surface area contributed by atoms with Crippen LogP contribution in [0.3, 0.4) is 0 Å². The lowest BCUT2D eigenvalue weighted by atomic mass is 9.89. The molecule has 0 bridgehead atoms. The lowest BCUT2D eigenvalue weighted by Gasteiger charge is -2.31. The molecule has 1 aromatic rings. The van der Waals surface area contributed by atoms with Gasteiger partial charge in [0.1, 0.15) is 5.75 Å². The molecule has 1 aliphatic heterocycles. The van der Waals surface area contributed by atoms with Gasteiger partial charge >= 0.3 is 6.09 Å². The first-order valence-electron chi connectivity index (χ1n) is 7.27. The molecule has 0 saturated carbocycles. The van der Waals surface area contributed by atoms with Crippen LogP contribution in [0.25, 0.3) is 0 Å². The highest BCUT2D eigenvalue weighted by Gasteiger charge is 2.24. The van der Waals surface area contributed by atoms with Crippen molar-refractivity contribution in [1.82, 2.24) is 4.90 Å². The van der Waals surface area contributed by atoms with Crippen LogP contribution >= 0.6 is 0 Å². The van der Waals surface area contributed by atoms with E-state index in [2.05, 4.69) is 0 Å². The number of aromatic hydroxyl groups is 1. The fourth-order valence-electron chi connectivity index (χ4n) is 2.47. The lowest BCUT2D eigenvalue weighted by molar-refractivity contribution is 0.0834. The first-order valence-corrected chi connectivity index (χ1v) is 7.27. The number of rotatable bonds is 3. The molecule has 110 valence electrons. The van der Waals surface area contributed by atoms with E-state index >= 15 is 0 Å². The monoisotopic (exact) mass is 277 g/mol. The van der Waals surface area contributed by atoms with E-state index in [1.54, 1.807) is 17.0 Å². The summed E-state index contributed by atoms with van der Waals surface area (Å²) in [5.74, 6) is 1.13. The van der Waals surface area contributed by atoms with Gasteiger partial charge in [0, 0.05) is 13.1 Å². The molecule has 20 heavy (non-hydrogen) atoms. The Morgan fingerprint density at radius 2 is 1.90 bits per heavy atom. The first kappa shape index (κ1) is 14.7. The van der Waals surface area contributed by atoms with Gasteiger partial charge in [0.25, 0.3) is 0 Å². The maximum absolute atomic E-state index is 11.9. The Morgan fingerprint density at radius 3 is 2.45 bits per heavy atom. The SMILES string of the molecule is CC(C)COC(=O)N1CCC(c2ccc(O)cc2)CC1. The topological polar surface area (TPSA) is 49.8 Å². The van der Waals surface area contributed by atoms with Gasteiger partial charge in [-0.25, -0.2) is 4.79 Å². The Labute approximate surface area is 120 Å². The van der Waals surface area contributed by atoms with Crippen LogP contribution in [-0.2, 0) is 4.74 Å². The summed E-state index contributed by atoms with van der Waals surface area (Å²) >= 11 is 0. The molecule has 2 rings (SSSR count). The minimum absolute atomic E-state index is 0.192. The fraction of sp³-hybridized carbons (Fsp3) is 0.562. The van der Waals surface area contributed by atoms with Crippen molar-refractivity contribution in [2.75, 3.05) is 19.7 Å². The molecule has 0 unspecified atom stereocenters. The lowest BCUT2D eigenvalue weighted by Crippen LogP contribution is -2.38. The van der Waals surface area contributed by atoms with Crippen molar-refractivity contribution < 1.29 is 14.6 Å². The average Bonchev–Trinajstić information content (AvgIpc) is 2.46. The zero-order valence-corrected chi connectivity index (χ0v) is 12.2. The molecule has 1 fully saturated rings. The summed E-state index contributed by atoms with van der Waals surface area (Å²) < 4.78 is 5.25. The number of carbonyl (C=O) groups is 1. The van der Waals surface area contributed by atoms with Crippen LogP contribution in [0.15, 0.2) is 24.3 Å². The molecule has 1 aliphatic rings. The molecule has 0 aliphatic carbocycles. The van der Waals surface area contributed by atoms with Crippen molar-refractivity contribution in [2.24, 2.45) is 5.92 Å². The van der Waals surface area contributed by atoms with Gasteiger partial charge in [-0.3, -0.25) is 0 Å². The molecule has 0 radical (unpaired) electrons. The molecule has 4 nitrogen and oxygen atoms in total. The Bertz CT molecular complexity index is 434. The number of piperidine rings is 1. The van der Waals surface area contributed by atoms with Crippen LogP contribution in [0.1, 0.15) is 38.2 Å². The van der Waals surface area contributed by atoms with Gasteiger partial charge in [-0.15, -0.1) is 0 Å². The largest absolute Gasteiger partial charge is 0.508 e. The number of carbonyl (C=O) groups excluding carboxylic acids is 1. The van der Waals surface area contributed by atoms with Gasteiger partial charge in [-0.1, -0.05) is 26.0 Å². The van der Waals surface area contributed by atoms with Gasteiger partial charge < -0.3 is 14.7 Å². The fourth-order valence-corrected chi connectivity index (χ4v) is 2.47. The number of hydrogen-bond acceptors (Lipinski definition) is 3. The summed E-state index contributed by atoms with van der Waals surface area (Å²) in [5, 5.41) is 9.30. The third kappa shape index (κ3) is 3.89. The highest BCUT2D eigenvalue weighted by molar-refractivity contribution is 5.67. The molecule has 1 heterocycles. The Balaban J connectivity index is 1.83. The van der Waals surface area contributed by atoms with Crippen LogP contribution in [-0.4, -0.2) is 35.8 Å². The van der Waals surface area contributed by atoms with Crippen LogP contribution in [0.2, 0.25) is 0 Å². The van der Waals surface area contributed by atoms with Gasteiger partial charge in [0.2, 0.25) is 0 Å². The predicted octanol–water partition coefficient (Wildman–Crippen LogP) is 3.36. The van der Waals surface area contributed by atoms with E-state index in [-0.39, 0.29) is 6.09 Å². The highest BCUT2D eigenvalue weighted by Crippen LogP contribution is 2.29. The average molecular weight is 277 g/mol. The first-order chi connectivity index (χ1) is 9.56. The quantitative estimate of drug-likeness (QED) is 0.921. The molecular formula is C16H23NO3. The summed E-state index contributed by atoms with van der Waals surface area (Å²) in [5.41, 5.74) is 1.23. The molecule has 1 N–H and O–H groups in total. The van der Waals surface area contributed by atoms with E-state index in [0.717, 1.165) is 25.9 Å². The summed E-state index contributed by atoms with van der Waals surface area (Å²) in [4.78, 5) is 13.7. The van der Waals surface area contributed by atoms with E-state index < -0.39 is 0 Å². The Kier molecular flexibility index (Phi) is 4.88. The van der Waals surface area contributed by atoms with Crippen molar-refractivity contribution in [1.29, 1.82) is 0 Å². The van der Waals surface area contributed by atoms with Gasteiger partial charge in [0.05, 0.1) is 6.61 Å². The molecule has 4 heteroatoms. The molecule has 1 saturated heterocycles. The van der Waals surface area contributed by atoms with E-state index in [1.807, 2.05) is 26.0 Å². The molecule has 1 amide bonds. The molecule has 0 atom stereocenters. The molecule has 1 aromatic carbocycles. The second kappa shape index (κ2) is 6.64. The number of likely N-dealkylation sites (tertiary alicyclic amines) is 1. The summed E-state index contributed by atoms with van der Waals surface area (Å²) in [6.07, 6.45) is 1.70. The molecule has 0 spiro atoms. The van der Waals surface area contributed by atoms with E-state index in [4.69, 9.17) is 4.74 Å². The van der Waals surface area contributed by atoms with Gasteiger partial charge in [-0.05, 0) is 42.4 Å². The van der Waals surface area contributed by atoms with Crippen LogP contribution < -0.4 is 0 Å². The van der Waals surface area contributed by atoms with E-state index in [9.17, 15) is 9.90 Å². The summed E-state index contributed by atoms with van der Waals surface area (Å²) in [7, 11) is 0. The van der Waals surface area contributed by atoms with Gasteiger partial charge in [-0.2, -0.15) is 0 Å². The second-order valence-corrected chi connectivity index (χ2v) is 5.82. The Hall–Kier alpha value is -1.71. The number of hydrogen-bond donors (Lipinski definition) is 1. The van der Waals surface area contributed by atoms with Gasteiger partial charge in [0.15, 0.2) is 0 Å². The summed E-state index contributed by atoms with van der Waals surface area (Å²) in [6, 6.07) is 7.37. The minimum Gasteiger partial charge on any atom is -0.508 e. The van der Waals surface area contributed by atoms with E-state index in [0.29, 0.717) is 24.2 Å². The van der Waals surface area contributed by atoms with Crippen LogP contribution in [0.5, 0.6) is 5.75 Å². The van der Waals surface area contributed by atoms with Crippen molar-refractivity contribution in [3.8, 4) is 5.75 Å². The van der Waals surface area contributed by atoms with Crippen molar-refractivity contribution in [2.45, 2.75) is 32.6 Å². The normalized spacial score (nSPS) is 16.4. The number of phenols is 1. The van der Waals surface area contributed by atoms with Crippen LogP contribution in [0, 0.1) is 5.92 Å². The number of ether oxygens (including phenoxy) is 1. The zero-order valence-electron chi connectivity index (χ0n) is 12.2. The standard InChI is InChI=1S/C16H23NO3/c1-12(2)11-20-16(19)17-9-7-14(8-10-17)13-3-5-15(18)6-4-13/h3-6,12,14,18H,7-11H2,1-2H3.